The molecule has 0 aromatic heterocycles. The molecule has 1 fully saturated rings. The number of nitrogens with two attached hydrogens (primary N) is 1. The molecule has 2 aromatic carbocycles. The van der Waals surface area contributed by atoms with E-state index >= 15 is 0 Å². The van der Waals surface area contributed by atoms with Crippen LogP contribution in [0.3, 0.4) is 0 Å². The third-order valence-corrected chi connectivity index (χ3v) is 4.09. The largest absolute Gasteiger partial charge is 0.399 e. The molecule has 1 saturated carbocycles. The standard InChI is InChI=1S/C17H19N/c1-12-11-14(9-10-17(12)18)16-8-3-2-7-15(16)13-5-4-6-13/h2-3,7-11,13H,4-6,18H2,1H3. The fourth-order valence-corrected chi connectivity index (χ4v) is 2.68. The molecule has 0 atom stereocenters. The molecule has 18 heavy (non-hydrogen) atoms. The topological polar surface area (TPSA) is 26.0 Å². The Morgan fingerprint density at radius 1 is 1.06 bits per heavy atom. The van der Waals surface area contributed by atoms with E-state index in [1.54, 1.807) is 0 Å². The first-order chi connectivity index (χ1) is 8.75. The Labute approximate surface area is 109 Å². The zero-order valence-corrected chi connectivity index (χ0v) is 10.8. The van der Waals surface area contributed by atoms with Crippen LogP contribution in [0.1, 0.15) is 36.3 Å². The molecule has 0 amide bonds. The Bertz CT molecular complexity index is 568. The van der Waals surface area contributed by atoms with Crippen LogP contribution in [0, 0.1) is 6.92 Å². The summed E-state index contributed by atoms with van der Waals surface area (Å²) in [4.78, 5) is 0. The first kappa shape index (κ1) is 11.3. The molecule has 0 aliphatic heterocycles. The highest BCUT2D eigenvalue weighted by Crippen LogP contribution is 2.41. The molecule has 0 bridgehead atoms. The molecule has 0 unspecified atom stereocenters. The van der Waals surface area contributed by atoms with Crippen molar-refractivity contribution in [2.75, 3.05) is 5.73 Å². The van der Waals surface area contributed by atoms with Gasteiger partial charge in [-0.05, 0) is 60.1 Å². The Morgan fingerprint density at radius 2 is 1.83 bits per heavy atom. The first-order valence-electron chi connectivity index (χ1n) is 6.71. The van der Waals surface area contributed by atoms with Crippen molar-refractivity contribution in [1.29, 1.82) is 0 Å². The van der Waals surface area contributed by atoms with Gasteiger partial charge in [0, 0.05) is 5.69 Å². The second-order valence-electron chi connectivity index (χ2n) is 5.29. The SMILES string of the molecule is Cc1cc(-c2ccccc2C2CCC2)ccc1N. The summed E-state index contributed by atoms with van der Waals surface area (Å²) in [6, 6.07) is 15.2. The van der Waals surface area contributed by atoms with E-state index in [0.29, 0.717) is 0 Å². The van der Waals surface area contributed by atoms with E-state index in [9.17, 15) is 0 Å². The highest BCUT2D eigenvalue weighted by Gasteiger charge is 2.22. The Kier molecular flexibility index (Phi) is 2.83. The van der Waals surface area contributed by atoms with Crippen molar-refractivity contribution in [3.05, 3.63) is 53.6 Å². The van der Waals surface area contributed by atoms with E-state index < -0.39 is 0 Å². The number of hydrogen-bond donors (Lipinski definition) is 1. The van der Waals surface area contributed by atoms with Crippen LogP contribution in [0.4, 0.5) is 5.69 Å². The number of aryl methyl sites for hydroxylation is 1. The highest BCUT2D eigenvalue weighted by molar-refractivity contribution is 5.71. The molecule has 2 aromatic rings. The summed E-state index contributed by atoms with van der Waals surface area (Å²) in [6.45, 7) is 2.07. The van der Waals surface area contributed by atoms with Crippen LogP contribution in [-0.4, -0.2) is 0 Å². The van der Waals surface area contributed by atoms with Crippen molar-refractivity contribution in [2.45, 2.75) is 32.1 Å². The Hall–Kier alpha value is -1.76. The molecule has 2 N–H and O–H groups in total. The van der Waals surface area contributed by atoms with Crippen molar-refractivity contribution < 1.29 is 0 Å². The maximum Gasteiger partial charge on any atom is 0.0344 e. The van der Waals surface area contributed by atoms with Gasteiger partial charge in [0.15, 0.2) is 0 Å². The van der Waals surface area contributed by atoms with Gasteiger partial charge in [-0.3, -0.25) is 0 Å². The average molecular weight is 237 g/mol. The van der Waals surface area contributed by atoms with E-state index in [4.69, 9.17) is 5.73 Å². The molecule has 1 nitrogen and oxygen atoms in total. The quantitative estimate of drug-likeness (QED) is 0.764. The summed E-state index contributed by atoms with van der Waals surface area (Å²) in [5.74, 6) is 0.763. The molecular formula is C17H19N. The van der Waals surface area contributed by atoms with Gasteiger partial charge < -0.3 is 5.73 Å². The molecule has 0 saturated heterocycles. The van der Waals surface area contributed by atoms with Crippen LogP contribution >= 0.6 is 0 Å². The predicted molar refractivity (Wildman–Crippen MR) is 77.6 cm³/mol. The van der Waals surface area contributed by atoms with Crippen molar-refractivity contribution in [3.63, 3.8) is 0 Å². The zero-order chi connectivity index (χ0) is 12.5. The van der Waals surface area contributed by atoms with Gasteiger partial charge in [0.1, 0.15) is 0 Å². The van der Waals surface area contributed by atoms with Crippen LogP contribution in [-0.2, 0) is 0 Å². The number of anilines is 1. The van der Waals surface area contributed by atoms with Crippen LogP contribution in [0.25, 0.3) is 11.1 Å². The van der Waals surface area contributed by atoms with Gasteiger partial charge in [-0.15, -0.1) is 0 Å². The minimum atomic E-state index is 0.763. The zero-order valence-electron chi connectivity index (χ0n) is 10.8. The van der Waals surface area contributed by atoms with Crippen LogP contribution in [0.2, 0.25) is 0 Å². The second-order valence-corrected chi connectivity index (χ2v) is 5.29. The fourth-order valence-electron chi connectivity index (χ4n) is 2.68. The van der Waals surface area contributed by atoms with Gasteiger partial charge in [-0.2, -0.15) is 0 Å². The van der Waals surface area contributed by atoms with Crippen molar-refractivity contribution in [1.82, 2.24) is 0 Å². The summed E-state index contributed by atoms with van der Waals surface area (Å²) in [5.41, 5.74) is 12.1. The number of hydrogen-bond acceptors (Lipinski definition) is 1. The van der Waals surface area contributed by atoms with E-state index in [2.05, 4.69) is 43.3 Å². The Morgan fingerprint density at radius 3 is 2.50 bits per heavy atom. The van der Waals surface area contributed by atoms with Crippen molar-refractivity contribution in [3.8, 4) is 11.1 Å². The maximum atomic E-state index is 5.90. The van der Waals surface area contributed by atoms with Crippen molar-refractivity contribution >= 4 is 5.69 Å². The minimum absolute atomic E-state index is 0.763. The minimum Gasteiger partial charge on any atom is -0.399 e. The van der Waals surface area contributed by atoms with E-state index in [1.807, 2.05) is 6.07 Å². The monoisotopic (exact) mass is 237 g/mol. The summed E-state index contributed by atoms with van der Waals surface area (Å²) in [6.07, 6.45) is 4.05. The third kappa shape index (κ3) is 1.90. The lowest BCUT2D eigenvalue weighted by Crippen LogP contribution is -2.09. The van der Waals surface area contributed by atoms with Gasteiger partial charge in [0.2, 0.25) is 0 Å². The molecule has 1 aliphatic rings. The van der Waals surface area contributed by atoms with E-state index in [1.165, 1.54) is 36.0 Å². The van der Waals surface area contributed by atoms with Crippen LogP contribution < -0.4 is 5.73 Å². The number of rotatable bonds is 2. The van der Waals surface area contributed by atoms with Crippen LogP contribution in [0.15, 0.2) is 42.5 Å². The highest BCUT2D eigenvalue weighted by atomic mass is 14.5. The average Bonchev–Trinajstić information content (AvgIpc) is 2.31. The molecule has 0 radical (unpaired) electrons. The molecule has 92 valence electrons. The van der Waals surface area contributed by atoms with Gasteiger partial charge in [0.25, 0.3) is 0 Å². The molecule has 0 heterocycles. The lowest BCUT2D eigenvalue weighted by atomic mass is 9.77. The van der Waals surface area contributed by atoms with Gasteiger partial charge in [0.05, 0.1) is 0 Å². The summed E-state index contributed by atoms with van der Waals surface area (Å²) < 4.78 is 0. The molecule has 1 aliphatic carbocycles. The summed E-state index contributed by atoms with van der Waals surface area (Å²) in [7, 11) is 0. The van der Waals surface area contributed by atoms with E-state index in [-0.39, 0.29) is 0 Å². The lowest BCUT2D eigenvalue weighted by molar-refractivity contribution is 0.420. The lowest BCUT2D eigenvalue weighted by Gasteiger charge is -2.28. The molecular weight excluding hydrogens is 218 g/mol. The number of nitrogen functional groups attached to an aromatic ring is 1. The predicted octanol–water partition coefficient (Wildman–Crippen LogP) is 4.51. The Balaban J connectivity index is 2.07. The molecule has 1 heteroatoms. The maximum absolute atomic E-state index is 5.90. The fraction of sp³-hybridized carbons (Fsp3) is 0.294. The van der Waals surface area contributed by atoms with Crippen LogP contribution in [0.5, 0.6) is 0 Å². The molecule has 3 rings (SSSR count). The van der Waals surface area contributed by atoms with E-state index in [0.717, 1.165) is 17.2 Å². The molecule has 0 spiro atoms. The smallest absolute Gasteiger partial charge is 0.0344 e. The van der Waals surface area contributed by atoms with Gasteiger partial charge in [-0.1, -0.05) is 36.8 Å². The van der Waals surface area contributed by atoms with Gasteiger partial charge in [-0.25, -0.2) is 0 Å². The first-order valence-corrected chi connectivity index (χ1v) is 6.71. The number of benzene rings is 2. The summed E-state index contributed by atoms with van der Waals surface area (Å²) in [5, 5.41) is 0. The normalized spacial score (nSPS) is 15.4. The summed E-state index contributed by atoms with van der Waals surface area (Å²) >= 11 is 0. The van der Waals surface area contributed by atoms with Crippen molar-refractivity contribution in [2.24, 2.45) is 0 Å². The third-order valence-electron chi connectivity index (χ3n) is 4.09. The second kappa shape index (κ2) is 4.49. The van der Waals surface area contributed by atoms with Gasteiger partial charge >= 0.3 is 0 Å².